The zero-order chi connectivity index (χ0) is 8.39. The summed E-state index contributed by atoms with van der Waals surface area (Å²) in [5.74, 6) is 0. The van der Waals surface area contributed by atoms with Crippen molar-refractivity contribution in [1.29, 1.82) is 0 Å². The van der Waals surface area contributed by atoms with Gasteiger partial charge < -0.3 is 0 Å². The van der Waals surface area contributed by atoms with Crippen LogP contribution < -0.4 is 4.72 Å². The van der Waals surface area contributed by atoms with E-state index in [0.717, 1.165) is 16.0 Å². The maximum absolute atomic E-state index is 4.08. The first-order valence-electron chi connectivity index (χ1n) is 3.64. The summed E-state index contributed by atoms with van der Waals surface area (Å²) in [6, 6.07) is 10.1. The second kappa shape index (κ2) is 3.13. The van der Waals surface area contributed by atoms with E-state index in [1.165, 1.54) is 0 Å². The van der Waals surface area contributed by atoms with Gasteiger partial charge >= 0.3 is 78.5 Å². The van der Waals surface area contributed by atoms with Crippen molar-refractivity contribution in [3.8, 4) is 11.3 Å². The molecule has 3 heteroatoms. The Bertz CT molecular complexity index is 367. The van der Waals surface area contributed by atoms with Gasteiger partial charge in [-0.25, -0.2) is 0 Å². The predicted molar refractivity (Wildman–Crippen MR) is 49.4 cm³/mol. The quantitative estimate of drug-likeness (QED) is 0.712. The van der Waals surface area contributed by atoms with Gasteiger partial charge in [0.05, 0.1) is 0 Å². The number of hydrogen-bond donors (Lipinski definition) is 1. The van der Waals surface area contributed by atoms with E-state index in [4.69, 9.17) is 0 Å². The van der Waals surface area contributed by atoms with Crippen molar-refractivity contribution in [3.63, 3.8) is 0 Å². The molecular formula is C9H7N2Se. The van der Waals surface area contributed by atoms with Crippen LogP contribution in [0.1, 0.15) is 0 Å². The molecule has 12 heavy (non-hydrogen) atoms. The summed E-state index contributed by atoms with van der Waals surface area (Å²) in [6.45, 7) is 0. The summed E-state index contributed by atoms with van der Waals surface area (Å²) < 4.78 is 0.828. The minimum absolute atomic E-state index is 0.828. The molecule has 2 rings (SSSR count). The Morgan fingerprint density at radius 3 is 2.50 bits per heavy atom. The van der Waals surface area contributed by atoms with E-state index in [9.17, 15) is 0 Å². The number of aromatic amines is 1. The second-order valence-electron chi connectivity index (χ2n) is 2.47. The third-order valence-electron chi connectivity index (χ3n) is 1.64. The predicted octanol–water partition coefficient (Wildman–Crippen LogP) is 0.870. The number of benzene rings is 1. The van der Waals surface area contributed by atoms with Gasteiger partial charge in [-0.15, -0.1) is 0 Å². The van der Waals surface area contributed by atoms with Crippen LogP contribution >= 0.6 is 0 Å². The molecule has 59 valence electrons. The molecular weight excluding hydrogens is 215 g/mol. The molecule has 0 bridgehead atoms. The Labute approximate surface area is 78.9 Å². The van der Waals surface area contributed by atoms with Crippen molar-refractivity contribution < 1.29 is 0 Å². The number of aromatic nitrogens is 2. The molecule has 0 unspecified atom stereocenters. The minimum atomic E-state index is 0.828. The Morgan fingerprint density at radius 1 is 1.17 bits per heavy atom. The molecule has 2 nitrogen and oxygen atoms in total. The first-order valence-corrected chi connectivity index (χ1v) is 4.49. The molecule has 1 radical (unpaired) electrons. The Balaban J connectivity index is 2.45. The average molecular weight is 222 g/mol. The van der Waals surface area contributed by atoms with Gasteiger partial charge in [0.2, 0.25) is 0 Å². The van der Waals surface area contributed by atoms with Crippen LogP contribution in [0, 0.1) is 0 Å². The van der Waals surface area contributed by atoms with Crippen molar-refractivity contribution in [2.75, 3.05) is 0 Å². The third-order valence-corrected chi connectivity index (χ3v) is 2.07. The monoisotopic (exact) mass is 223 g/mol. The van der Waals surface area contributed by atoms with E-state index in [1.54, 1.807) is 0 Å². The van der Waals surface area contributed by atoms with Gasteiger partial charge in [-0.2, -0.15) is 0 Å². The van der Waals surface area contributed by atoms with Crippen LogP contribution in [0.3, 0.4) is 0 Å². The fraction of sp³-hybridized carbons (Fsp3) is 0. The van der Waals surface area contributed by atoms with E-state index >= 15 is 0 Å². The average Bonchev–Trinajstić information content (AvgIpc) is 2.54. The third kappa shape index (κ3) is 1.42. The summed E-state index contributed by atoms with van der Waals surface area (Å²) in [7, 11) is 0. The molecule has 1 heterocycles. The van der Waals surface area contributed by atoms with Crippen LogP contribution in [0.15, 0.2) is 36.5 Å². The van der Waals surface area contributed by atoms with Crippen molar-refractivity contribution in [2.24, 2.45) is 0 Å². The fourth-order valence-electron chi connectivity index (χ4n) is 1.07. The number of nitrogens with one attached hydrogen (secondary N) is 1. The van der Waals surface area contributed by atoms with E-state index in [0.29, 0.717) is 0 Å². The van der Waals surface area contributed by atoms with E-state index in [1.807, 2.05) is 36.5 Å². The van der Waals surface area contributed by atoms with Gasteiger partial charge in [0, 0.05) is 0 Å². The summed E-state index contributed by atoms with van der Waals surface area (Å²) in [4.78, 5) is 7.21. The SMILES string of the molecule is [Se]c1ncc(-c2ccccc2)[nH]1. The Morgan fingerprint density at radius 2 is 1.92 bits per heavy atom. The molecule has 0 aliphatic carbocycles. The maximum atomic E-state index is 4.08. The van der Waals surface area contributed by atoms with Crippen LogP contribution in [0.4, 0.5) is 0 Å². The van der Waals surface area contributed by atoms with Gasteiger partial charge in [0.1, 0.15) is 0 Å². The topological polar surface area (TPSA) is 28.7 Å². The summed E-state index contributed by atoms with van der Waals surface area (Å²) in [5, 5.41) is 0. The summed E-state index contributed by atoms with van der Waals surface area (Å²) >= 11 is 2.83. The van der Waals surface area contributed by atoms with Gasteiger partial charge in [-0.05, 0) is 0 Å². The second-order valence-corrected chi connectivity index (χ2v) is 3.28. The molecule has 1 N–H and O–H groups in total. The number of hydrogen-bond acceptors (Lipinski definition) is 1. The zero-order valence-corrected chi connectivity index (χ0v) is 8.03. The van der Waals surface area contributed by atoms with Gasteiger partial charge in [0.15, 0.2) is 0 Å². The van der Waals surface area contributed by atoms with Gasteiger partial charge in [-0.3, -0.25) is 0 Å². The molecule has 0 aliphatic heterocycles. The van der Waals surface area contributed by atoms with E-state index in [-0.39, 0.29) is 0 Å². The van der Waals surface area contributed by atoms with E-state index in [2.05, 4.69) is 26.0 Å². The zero-order valence-electron chi connectivity index (χ0n) is 6.32. The van der Waals surface area contributed by atoms with E-state index < -0.39 is 0 Å². The van der Waals surface area contributed by atoms with Crippen molar-refractivity contribution in [1.82, 2.24) is 9.97 Å². The van der Waals surface area contributed by atoms with Gasteiger partial charge in [-0.1, -0.05) is 0 Å². The van der Waals surface area contributed by atoms with Crippen LogP contribution in [0.2, 0.25) is 0 Å². The molecule has 2 aromatic rings. The molecule has 0 fully saturated rings. The molecule has 0 spiro atoms. The Kier molecular flexibility index (Phi) is 1.98. The molecule has 0 atom stereocenters. The number of nitrogens with zero attached hydrogens (tertiary/aromatic N) is 1. The molecule has 0 aliphatic rings. The molecule has 0 saturated heterocycles. The summed E-state index contributed by atoms with van der Waals surface area (Å²) in [5.41, 5.74) is 2.20. The normalized spacial score (nSPS) is 10.0. The molecule has 1 aromatic carbocycles. The van der Waals surface area contributed by atoms with Crippen molar-refractivity contribution in [2.45, 2.75) is 0 Å². The number of imidazole rings is 1. The molecule has 0 saturated carbocycles. The van der Waals surface area contributed by atoms with Crippen LogP contribution in [0.5, 0.6) is 0 Å². The van der Waals surface area contributed by atoms with Crippen LogP contribution in [-0.2, 0) is 0 Å². The summed E-state index contributed by atoms with van der Waals surface area (Å²) in [6.07, 6.45) is 1.82. The van der Waals surface area contributed by atoms with Crippen LogP contribution in [0.25, 0.3) is 11.3 Å². The number of rotatable bonds is 1. The first kappa shape index (κ1) is 7.59. The van der Waals surface area contributed by atoms with Crippen molar-refractivity contribution in [3.05, 3.63) is 36.5 Å². The standard InChI is InChI=1S/C9H7N2Se/c12-9-10-6-8(11-9)7-4-2-1-3-5-7/h1-6H,(H,10,11). The van der Waals surface area contributed by atoms with Crippen molar-refractivity contribution >= 4 is 20.7 Å². The Hall–Kier alpha value is -1.05. The molecule has 1 aromatic heterocycles. The van der Waals surface area contributed by atoms with Gasteiger partial charge in [0.25, 0.3) is 0 Å². The number of H-pyrrole nitrogens is 1. The van der Waals surface area contributed by atoms with Crippen LogP contribution in [-0.4, -0.2) is 26.0 Å². The fourth-order valence-corrected chi connectivity index (χ4v) is 1.41. The first-order chi connectivity index (χ1) is 5.86. The molecule has 0 amide bonds.